The summed E-state index contributed by atoms with van der Waals surface area (Å²) in [6, 6.07) is 6.50. The van der Waals surface area contributed by atoms with Crippen LogP contribution in [0.3, 0.4) is 0 Å². The highest BCUT2D eigenvalue weighted by molar-refractivity contribution is 5.09. The molecular weight excluding hydrogens is 212 g/mol. The molecule has 2 aromatic rings. The molecule has 0 atom stereocenters. The zero-order chi connectivity index (χ0) is 12.1. The fourth-order valence-electron chi connectivity index (χ4n) is 1.59. The van der Waals surface area contributed by atoms with Crippen molar-refractivity contribution in [1.29, 1.82) is 0 Å². The van der Waals surface area contributed by atoms with E-state index in [9.17, 15) is 0 Å². The first-order valence-electron chi connectivity index (χ1n) is 5.89. The van der Waals surface area contributed by atoms with E-state index in [1.54, 1.807) is 0 Å². The van der Waals surface area contributed by atoms with E-state index in [1.165, 1.54) is 5.56 Å². The van der Waals surface area contributed by atoms with Crippen LogP contribution in [-0.2, 0) is 13.1 Å². The number of aromatic nitrogens is 3. The van der Waals surface area contributed by atoms with Crippen molar-refractivity contribution in [3.8, 4) is 0 Å². The lowest BCUT2D eigenvalue weighted by Gasteiger charge is -2.04. The zero-order valence-corrected chi connectivity index (χ0v) is 10.3. The van der Waals surface area contributed by atoms with Gasteiger partial charge in [-0.2, -0.15) is 5.10 Å². The van der Waals surface area contributed by atoms with Gasteiger partial charge in [0.15, 0.2) is 0 Å². The maximum absolute atomic E-state index is 4.48. The number of nitrogens with zero attached hydrogens (tertiary/aromatic N) is 3. The SMILES string of the molecule is CC(C)n1ccc(CNCc2ccncc2)n1. The fraction of sp³-hybridized carbons (Fsp3) is 0.385. The van der Waals surface area contributed by atoms with Crippen LogP contribution >= 0.6 is 0 Å². The molecule has 0 fully saturated rings. The first-order chi connectivity index (χ1) is 8.25. The Kier molecular flexibility index (Phi) is 3.88. The van der Waals surface area contributed by atoms with Crippen LogP contribution in [0.1, 0.15) is 31.1 Å². The number of nitrogens with one attached hydrogen (secondary N) is 1. The lowest BCUT2D eigenvalue weighted by atomic mass is 10.3. The van der Waals surface area contributed by atoms with Crippen LogP contribution in [0.2, 0.25) is 0 Å². The van der Waals surface area contributed by atoms with E-state index < -0.39 is 0 Å². The van der Waals surface area contributed by atoms with Gasteiger partial charge < -0.3 is 5.32 Å². The quantitative estimate of drug-likeness (QED) is 0.855. The van der Waals surface area contributed by atoms with E-state index >= 15 is 0 Å². The lowest BCUT2D eigenvalue weighted by molar-refractivity contribution is 0.521. The first-order valence-corrected chi connectivity index (χ1v) is 5.89. The van der Waals surface area contributed by atoms with Gasteiger partial charge in [0.2, 0.25) is 0 Å². The standard InChI is InChI=1S/C13H18N4/c1-11(2)17-8-5-13(16-17)10-15-9-12-3-6-14-7-4-12/h3-8,11,15H,9-10H2,1-2H3. The van der Waals surface area contributed by atoms with Crippen molar-refractivity contribution in [1.82, 2.24) is 20.1 Å². The summed E-state index contributed by atoms with van der Waals surface area (Å²) in [5.74, 6) is 0. The van der Waals surface area contributed by atoms with Crippen LogP contribution in [0.4, 0.5) is 0 Å². The number of rotatable bonds is 5. The summed E-state index contributed by atoms with van der Waals surface area (Å²) in [7, 11) is 0. The minimum Gasteiger partial charge on any atom is -0.307 e. The number of pyridine rings is 1. The van der Waals surface area contributed by atoms with Gasteiger partial charge in [-0.1, -0.05) is 0 Å². The Balaban J connectivity index is 1.82. The Bertz CT molecular complexity index is 447. The van der Waals surface area contributed by atoms with Crippen molar-refractivity contribution in [3.63, 3.8) is 0 Å². The van der Waals surface area contributed by atoms with Crippen molar-refractivity contribution in [2.75, 3.05) is 0 Å². The van der Waals surface area contributed by atoms with Crippen LogP contribution in [0.5, 0.6) is 0 Å². The average molecular weight is 230 g/mol. The van der Waals surface area contributed by atoms with Crippen molar-refractivity contribution in [2.24, 2.45) is 0 Å². The van der Waals surface area contributed by atoms with E-state index in [0.29, 0.717) is 6.04 Å². The molecule has 2 aromatic heterocycles. The normalized spacial score (nSPS) is 11.0. The molecule has 0 aliphatic carbocycles. The second-order valence-electron chi connectivity index (χ2n) is 4.34. The second kappa shape index (κ2) is 5.59. The summed E-state index contributed by atoms with van der Waals surface area (Å²) >= 11 is 0. The van der Waals surface area contributed by atoms with Gasteiger partial charge in [0.05, 0.1) is 5.69 Å². The smallest absolute Gasteiger partial charge is 0.0762 e. The van der Waals surface area contributed by atoms with Crippen molar-refractivity contribution >= 4 is 0 Å². The topological polar surface area (TPSA) is 42.7 Å². The molecule has 0 saturated heterocycles. The third-order valence-electron chi connectivity index (χ3n) is 2.58. The van der Waals surface area contributed by atoms with Crippen LogP contribution in [0.25, 0.3) is 0 Å². The minimum absolute atomic E-state index is 0.420. The molecule has 0 bridgehead atoms. The Morgan fingerprint density at radius 1 is 1.18 bits per heavy atom. The summed E-state index contributed by atoms with van der Waals surface area (Å²) in [5.41, 5.74) is 2.32. The molecular formula is C13H18N4. The van der Waals surface area contributed by atoms with Crippen molar-refractivity contribution in [2.45, 2.75) is 33.0 Å². The molecule has 1 N–H and O–H groups in total. The van der Waals surface area contributed by atoms with Gasteiger partial charge >= 0.3 is 0 Å². The highest BCUT2D eigenvalue weighted by Crippen LogP contribution is 2.04. The van der Waals surface area contributed by atoms with Crippen LogP contribution in [-0.4, -0.2) is 14.8 Å². The van der Waals surface area contributed by atoms with E-state index in [4.69, 9.17) is 0 Å². The maximum Gasteiger partial charge on any atom is 0.0762 e. The van der Waals surface area contributed by atoms with Crippen LogP contribution in [0, 0.1) is 0 Å². The van der Waals surface area contributed by atoms with Crippen LogP contribution in [0.15, 0.2) is 36.8 Å². The van der Waals surface area contributed by atoms with Gasteiger partial charge in [0.25, 0.3) is 0 Å². The molecule has 90 valence electrons. The summed E-state index contributed by atoms with van der Waals surface area (Å²) in [6.07, 6.45) is 5.64. The summed E-state index contributed by atoms with van der Waals surface area (Å²) in [4.78, 5) is 3.99. The van der Waals surface area contributed by atoms with E-state index in [-0.39, 0.29) is 0 Å². The fourth-order valence-corrected chi connectivity index (χ4v) is 1.59. The van der Waals surface area contributed by atoms with E-state index in [1.807, 2.05) is 35.4 Å². The van der Waals surface area contributed by atoms with Gasteiger partial charge in [-0.05, 0) is 37.6 Å². The molecule has 2 heterocycles. The molecule has 0 radical (unpaired) electrons. The number of hydrogen-bond acceptors (Lipinski definition) is 3. The molecule has 0 amide bonds. The molecule has 0 unspecified atom stereocenters. The monoisotopic (exact) mass is 230 g/mol. The molecule has 0 aromatic carbocycles. The lowest BCUT2D eigenvalue weighted by Crippen LogP contribution is -2.13. The molecule has 4 heteroatoms. The Morgan fingerprint density at radius 3 is 2.59 bits per heavy atom. The molecule has 17 heavy (non-hydrogen) atoms. The summed E-state index contributed by atoms with van der Waals surface area (Å²) in [6.45, 7) is 5.89. The third kappa shape index (κ3) is 3.39. The molecule has 0 saturated carbocycles. The minimum atomic E-state index is 0.420. The van der Waals surface area contributed by atoms with Crippen molar-refractivity contribution in [3.05, 3.63) is 48.0 Å². The van der Waals surface area contributed by atoms with Gasteiger partial charge in [0, 0.05) is 37.7 Å². The maximum atomic E-state index is 4.48. The van der Waals surface area contributed by atoms with Gasteiger partial charge in [0.1, 0.15) is 0 Å². The third-order valence-corrected chi connectivity index (χ3v) is 2.58. The summed E-state index contributed by atoms with van der Waals surface area (Å²) in [5, 5.41) is 7.85. The first kappa shape index (κ1) is 11.8. The summed E-state index contributed by atoms with van der Waals surface area (Å²) < 4.78 is 1.98. The zero-order valence-electron chi connectivity index (χ0n) is 10.3. The van der Waals surface area contributed by atoms with E-state index in [0.717, 1.165) is 18.8 Å². The Labute approximate surface area is 102 Å². The molecule has 4 nitrogen and oxygen atoms in total. The predicted octanol–water partition coefficient (Wildman–Crippen LogP) is 2.15. The number of hydrogen-bond donors (Lipinski definition) is 1. The Morgan fingerprint density at radius 2 is 1.94 bits per heavy atom. The highest BCUT2D eigenvalue weighted by atomic mass is 15.3. The molecule has 0 spiro atoms. The molecule has 2 rings (SSSR count). The van der Waals surface area contributed by atoms with Gasteiger partial charge in [-0.15, -0.1) is 0 Å². The Hall–Kier alpha value is -1.68. The highest BCUT2D eigenvalue weighted by Gasteiger charge is 2.01. The molecule has 0 aliphatic heterocycles. The molecule has 0 aliphatic rings. The second-order valence-corrected chi connectivity index (χ2v) is 4.34. The van der Waals surface area contributed by atoms with Crippen molar-refractivity contribution < 1.29 is 0 Å². The largest absolute Gasteiger partial charge is 0.307 e. The van der Waals surface area contributed by atoms with Crippen LogP contribution < -0.4 is 5.32 Å². The van der Waals surface area contributed by atoms with Gasteiger partial charge in [-0.25, -0.2) is 0 Å². The van der Waals surface area contributed by atoms with E-state index in [2.05, 4.69) is 35.3 Å². The van der Waals surface area contributed by atoms with Gasteiger partial charge in [-0.3, -0.25) is 9.67 Å². The average Bonchev–Trinajstić information content (AvgIpc) is 2.79. The predicted molar refractivity (Wildman–Crippen MR) is 67.4 cm³/mol.